The molecule has 1 atom stereocenters. The van der Waals surface area contributed by atoms with Crippen molar-refractivity contribution in [2.75, 3.05) is 0 Å². The predicted molar refractivity (Wildman–Crippen MR) is 142 cm³/mol. The second-order valence-corrected chi connectivity index (χ2v) is 8.95. The molecule has 1 heteroatoms. The van der Waals surface area contributed by atoms with E-state index in [1.165, 1.54) is 58.0 Å². The van der Waals surface area contributed by atoms with Gasteiger partial charge < -0.3 is 0 Å². The van der Waals surface area contributed by atoms with E-state index in [1.54, 1.807) is 0 Å². The zero-order valence-corrected chi connectivity index (χ0v) is 20.6. The third-order valence-corrected chi connectivity index (χ3v) is 6.42. The molecule has 0 bridgehead atoms. The summed E-state index contributed by atoms with van der Waals surface area (Å²) in [4.78, 5) is 4.89. The SMILES string of the molecule is C=c1cccc/c1=C(C(/C=C/C1CCCC(C)=N1)=C(\C)C1CC1)\c1ccc(C)cc1.CC. The van der Waals surface area contributed by atoms with Crippen molar-refractivity contribution in [1.82, 2.24) is 0 Å². The molecule has 168 valence electrons. The van der Waals surface area contributed by atoms with E-state index < -0.39 is 0 Å². The van der Waals surface area contributed by atoms with Crippen molar-refractivity contribution < 1.29 is 0 Å². The summed E-state index contributed by atoms with van der Waals surface area (Å²) in [7, 11) is 0. The van der Waals surface area contributed by atoms with E-state index in [2.05, 4.69) is 88.0 Å². The van der Waals surface area contributed by atoms with Gasteiger partial charge in [-0.25, -0.2) is 0 Å². The molecule has 1 heterocycles. The molecule has 2 aromatic carbocycles. The average molecular weight is 426 g/mol. The Bertz CT molecular complexity index is 1110. The predicted octanol–water partition coefficient (Wildman–Crippen LogP) is 6.93. The van der Waals surface area contributed by atoms with E-state index in [4.69, 9.17) is 4.99 Å². The first kappa shape index (κ1) is 24.0. The van der Waals surface area contributed by atoms with Crippen LogP contribution in [0.5, 0.6) is 0 Å². The summed E-state index contributed by atoms with van der Waals surface area (Å²) >= 11 is 0. The summed E-state index contributed by atoms with van der Waals surface area (Å²) in [6.07, 6.45) is 10.8. The summed E-state index contributed by atoms with van der Waals surface area (Å²) in [5, 5.41) is 2.30. The molecular weight excluding hydrogens is 386 g/mol. The van der Waals surface area contributed by atoms with Gasteiger partial charge in [0.05, 0.1) is 6.04 Å². The molecule has 0 spiro atoms. The number of benzene rings is 2. The van der Waals surface area contributed by atoms with Crippen molar-refractivity contribution in [2.24, 2.45) is 10.9 Å². The van der Waals surface area contributed by atoms with Gasteiger partial charge >= 0.3 is 0 Å². The van der Waals surface area contributed by atoms with Gasteiger partial charge in [-0.2, -0.15) is 0 Å². The molecule has 1 unspecified atom stereocenters. The summed E-state index contributed by atoms with van der Waals surface area (Å²) < 4.78 is 0. The quantitative estimate of drug-likeness (QED) is 0.461. The van der Waals surface area contributed by atoms with Crippen molar-refractivity contribution in [2.45, 2.75) is 72.8 Å². The van der Waals surface area contributed by atoms with Gasteiger partial charge in [0.15, 0.2) is 0 Å². The standard InChI is InChI=1S/C29H33N.C2H6/c1-20-12-14-25(15-13-20)29(27-11-6-5-8-21(27)2)28(23(4)24-16-17-24)19-18-26-10-7-9-22(3)30-26;1-2/h5-6,8,11-15,18-19,24,26H,2,7,9-10,16-17H2,1,3-4H3;1-2H3/b19-18+,28-23+,29-27-;. The van der Waals surface area contributed by atoms with Gasteiger partial charge in [0.25, 0.3) is 0 Å². The Balaban J connectivity index is 0.00000141. The maximum absolute atomic E-state index is 4.89. The highest BCUT2D eigenvalue weighted by molar-refractivity contribution is 5.84. The van der Waals surface area contributed by atoms with Gasteiger partial charge in [0.1, 0.15) is 0 Å². The van der Waals surface area contributed by atoms with Gasteiger partial charge in [-0.3, -0.25) is 4.99 Å². The van der Waals surface area contributed by atoms with Crippen LogP contribution in [0.25, 0.3) is 12.2 Å². The molecule has 1 saturated carbocycles. The Hall–Kier alpha value is -2.67. The molecule has 0 N–H and O–H groups in total. The number of allylic oxidation sites excluding steroid dienone is 3. The number of hydrogen-bond acceptors (Lipinski definition) is 1. The highest BCUT2D eigenvalue weighted by Gasteiger charge is 2.26. The molecule has 32 heavy (non-hydrogen) atoms. The molecule has 2 aromatic rings. The van der Waals surface area contributed by atoms with Crippen LogP contribution >= 0.6 is 0 Å². The van der Waals surface area contributed by atoms with E-state index in [0.717, 1.165) is 18.1 Å². The first-order valence-electron chi connectivity index (χ1n) is 12.3. The van der Waals surface area contributed by atoms with E-state index in [-0.39, 0.29) is 0 Å². The van der Waals surface area contributed by atoms with Crippen LogP contribution in [0.1, 0.15) is 70.9 Å². The molecule has 0 radical (unpaired) electrons. The minimum Gasteiger partial charge on any atom is -0.287 e. The monoisotopic (exact) mass is 425 g/mol. The van der Waals surface area contributed by atoms with Crippen LogP contribution < -0.4 is 10.4 Å². The van der Waals surface area contributed by atoms with Crippen molar-refractivity contribution >= 4 is 17.9 Å². The molecule has 1 aliphatic heterocycles. The van der Waals surface area contributed by atoms with Crippen LogP contribution in [0, 0.1) is 12.8 Å². The molecular formula is C31H39N. The molecule has 1 aliphatic carbocycles. The smallest absolute Gasteiger partial charge is 0.0682 e. The lowest BCUT2D eigenvalue weighted by Gasteiger charge is -2.18. The third kappa shape index (κ3) is 5.97. The van der Waals surface area contributed by atoms with Crippen LogP contribution in [0.15, 0.2) is 76.8 Å². The van der Waals surface area contributed by atoms with Crippen LogP contribution in [0.3, 0.4) is 0 Å². The Morgan fingerprint density at radius 1 is 0.969 bits per heavy atom. The van der Waals surface area contributed by atoms with Crippen LogP contribution in [0.4, 0.5) is 0 Å². The first-order valence-corrected chi connectivity index (χ1v) is 12.3. The highest BCUT2D eigenvalue weighted by atomic mass is 14.8. The van der Waals surface area contributed by atoms with Gasteiger partial charge in [-0.15, -0.1) is 0 Å². The second kappa shape index (κ2) is 11.3. The summed E-state index contributed by atoms with van der Waals surface area (Å²) in [5.74, 6) is 0.707. The van der Waals surface area contributed by atoms with Gasteiger partial charge in [0, 0.05) is 5.71 Å². The molecule has 4 rings (SSSR count). The average Bonchev–Trinajstić information content (AvgIpc) is 3.65. The fourth-order valence-corrected chi connectivity index (χ4v) is 4.41. The summed E-state index contributed by atoms with van der Waals surface area (Å²) in [6, 6.07) is 17.8. The van der Waals surface area contributed by atoms with Crippen LogP contribution in [-0.4, -0.2) is 11.8 Å². The molecule has 0 amide bonds. The molecule has 1 nitrogen and oxygen atoms in total. The summed E-state index contributed by atoms with van der Waals surface area (Å²) in [5.41, 5.74) is 7.99. The highest BCUT2D eigenvalue weighted by Crippen LogP contribution is 2.40. The van der Waals surface area contributed by atoms with E-state index in [9.17, 15) is 0 Å². The lowest BCUT2D eigenvalue weighted by atomic mass is 9.89. The van der Waals surface area contributed by atoms with Gasteiger partial charge in [-0.1, -0.05) is 92.2 Å². The number of rotatable bonds is 5. The lowest BCUT2D eigenvalue weighted by Crippen LogP contribution is -2.26. The molecule has 0 aromatic heterocycles. The minimum absolute atomic E-state index is 0.301. The van der Waals surface area contributed by atoms with E-state index in [1.807, 2.05) is 13.8 Å². The van der Waals surface area contributed by atoms with Crippen molar-refractivity contribution in [1.29, 1.82) is 0 Å². The zero-order valence-electron chi connectivity index (χ0n) is 20.6. The van der Waals surface area contributed by atoms with Crippen molar-refractivity contribution in [3.8, 4) is 0 Å². The summed E-state index contributed by atoms with van der Waals surface area (Å²) in [6.45, 7) is 15.0. The minimum atomic E-state index is 0.301. The molecule has 1 fully saturated rings. The molecule has 0 saturated heterocycles. The number of hydrogen-bond donors (Lipinski definition) is 0. The van der Waals surface area contributed by atoms with Crippen LogP contribution in [-0.2, 0) is 0 Å². The maximum Gasteiger partial charge on any atom is 0.0682 e. The lowest BCUT2D eigenvalue weighted by molar-refractivity contribution is 0.650. The Morgan fingerprint density at radius 2 is 1.66 bits per heavy atom. The van der Waals surface area contributed by atoms with Crippen molar-refractivity contribution in [3.05, 3.63) is 93.4 Å². The zero-order chi connectivity index (χ0) is 23.1. The Morgan fingerprint density at radius 3 is 2.28 bits per heavy atom. The fourth-order valence-electron chi connectivity index (χ4n) is 4.41. The third-order valence-electron chi connectivity index (χ3n) is 6.42. The Labute approximate surface area is 195 Å². The van der Waals surface area contributed by atoms with Crippen molar-refractivity contribution in [3.63, 3.8) is 0 Å². The number of nitrogens with zero attached hydrogens (tertiary/aromatic N) is 1. The largest absolute Gasteiger partial charge is 0.287 e. The normalized spacial score (nSPS) is 20.2. The topological polar surface area (TPSA) is 12.4 Å². The molecule has 2 aliphatic rings. The van der Waals surface area contributed by atoms with Crippen LogP contribution in [0.2, 0.25) is 0 Å². The second-order valence-electron chi connectivity index (χ2n) is 8.95. The number of aryl methyl sites for hydroxylation is 1. The fraction of sp³-hybridized carbons (Fsp3) is 0.387. The maximum atomic E-state index is 4.89. The van der Waals surface area contributed by atoms with E-state index >= 15 is 0 Å². The van der Waals surface area contributed by atoms with Gasteiger partial charge in [0.2, 0.25) is 0 Å². The number of aliphatic imine (C=N–C) groups is 1. The van der Waals surface area contributed by atoms with E-state index in [0.29, 0.717) is 12.0 Å². The Kier molecular flexibility index (Phi) is 8.45. The van der Waals surface area contributed by atoms with Gasteiger partial charge in [-0.05, 0) is 85.9 Å². The first-order chi connectivity index (χ1) is 15.5.